The van der Waals surface area contributed by atoms with Crippen LogP contribution in [0, 0.1) is 53.3 Å². The van der Waals surface area contributed by atoms with Crippen LogP contribution in [-0.4, -0.2) is 0 Å². The first-order chi connectivity index (χ1) is 13.8. The zero-order valence-electron chi connectivity index (χ0n) is 18.9. The van der Waals surface area contributed by atoms with E-state index in [9.17, 15) is 0 Å². The molecule has 4 unspecified atom stereocenters. The van der Waals surface area contributed by atoms with Crippen LogP contribution in [0.1, 0.15) is 122 Å². The van der Waals surface area contributed by atoms with Crippen LogP contribution in [0.2, 0.25) is 0 Å². The molecule has 4 atom stereocenters. The van der Waals surface area contributed by atoms with Crippen LogP contribution in [0.25, 0.3) is 0 Å². The Balaban J connectivity index is 1.11. The van der Waals surface area contributed by atoms with E-state index in [0.29, 0.717) is 0 Å². The molecule has 6 aliphatic rings. The van der Waals surface area contributed by atoms with E-state index in [0.717, 1.165) is 35.5 Å². The Labute approximate surface area is 176 Å². The molecule has 0 radical (unpaired) electrons. The normalized spacial score (nSPS) is 49.4. The molecular formula is C28H48. The number of hydrogen-bond donors (Lipinski definition) is 0. The van der Waals surface area contributed by atoms with E-state index in [-0.39, 0.29) is 0 Å². The van der Waals surface area contributed by atoms with Crippen molar-refractivity contribution in [1.82, 2.24) is 0 Å². The predicted octanol–water partition coefficient (Wildman–Crippen LogP) is 8.64. The van der Waals surface area contributed by atoms with Crippen molar-refractivity contribution in [2.24, 2.45) is 53.3 Å². The molecule has 6 rings (SSSR count). The van der Waals surface area contributed by atoms with Gasteiger partial charge in [-0.15, -0.1) is 0 Å². The molecule has 0 amide bonds. The van der Waals surface area contributed by atoms with Crippen LogP contribution in [0.3, 0.4) is 0 Å². The van der Waals surface area contributed by atoms with Crippen LogP contribution in [0.5, 0.6) is 0 Å². The molecule has 0 spiro atoms. The third-order valence-electron chi connectivity index (χ3n) is 10.7. The van der Waals surface area contributed by atoms with Crippen molar-refractivity contribution in [3.8, 4) is 0 Å². The molecule has 28 heavy (non-hydrogen) atoms. The second kappa shape index (κ2) is 9.01. The maximum atomic E-state index is 2.60. The zero-order chi connectivity index (χ0) is 18.9. The van der Waals surface area contributed by atoms with Gasteiger partial charge in [0.1, 0.15) is 0 Å². The summed E-state index contributed by atoms with van der Waals surface area (Å²) in [5.41, 5.74) is 0. The molecule has 0 aromatic carbocycles. The van der Waals surface area contributed by atoms with Gasteiger partial charge in [-0.3, -0.25) is 0 Å². The Hall–Kier alpha value is 0. The summed E-state index contributed by atoms with van der Waals surface area (Å²) in [5, 5.41) is 0. The van der Waals surface area contributed by atoms with Crippen molar-refractivity contribution < 1.29 is 0 Å². The van der Waals surface area contributed by atoms with Gasteiger partial charge in [0, 0.05) is 0 Å². The van der Waals surface area contributed by atoms with Crippen molar-refractivity contribution in [2.75, 3.05) is 0 Å². The maximum absolute atomic E-state index is 2.60. The third kappa shape index (κ3) is 4.37. The van der Waals surface area contributed by atoms with Crippen molar-refractivity contribution in [1.29, 1.82) is 0 Å². The van der Waals surface area contributed by atoms with E-state index < -0.39 is 0 Å². The van der Waals surface area contributed by atoms with Crippen LogP contribution < -0.4 is 0 Å². The highest BCUT2D eigenvalue weighted by atomic mass is 14.6. The van der Waals surface area contributed by atoms with Gasteiger partial charge in [-0.25, -0.2) is 0 Å². The van der Waals surface area contributed by atoms with Gasteiger partial charge in [0.2, 0.25) is 0 Å². The second-order valence-corrected chi connectivity index (χ2v) is 12.5. The van der Waals surface area contributed by atoms with E-state index >= 15 is 0 Å². The highest BCUT2D eigenvalue weighted by Gasteiger charge is 2.51. The fourth-order valence-electron chi connectivity index (χ4n) is 9.44. The highest BCUT2D eigenvalue weighted by molar-refractivity contribution is 5.01. The standard InChI is InChI=1S/C28H48/c1-20-8-6-4-2-3-5-7-9-24(20)12-10-21-11-13-25(15-21)28-26-16-22-14-23(18-26)19-27(28)17-22/h20-28H,2-19H2,1H3. The summed E-state index contributed by atoms with van der Waals surface area (Å²) >= 11 is 0. The fourth-order valence-corrected chi connectivity index (χ4v) is 9.44. The monoisotopic (exact) mass is 384 g/mol. The first-order valence-corrected chi connectivity index (χ1v) is 13.8. The molecule has 160 valence electrons. The van der Waals surface area contributed by atoms with Gasteiger partial charge in [0.05, 0.1) is 0 Å². The van der Waals surface area contributed by atoms with Crippen molar-refractivity contribution in [2.45, 2.75) is 122 Å². The quantitative estimate of drug-likeness (QED) is 0.455. The Morgan fingerprint density at radius 1 is 0.536 bits per heavy atom. The first kappa shape index (κ1) is 19.9. The van der Waals surface area contributed by atoms with E-state index in [1.807, 2.05) is 0 Å². The van der Waals surface area contributed by atoms with Crippen molar-refractivity contribution in [3.05, 3.63) is 0 Å². The topological polar surface area (TPSA) is 0 Å². The van der Waals surface area contributed by atoms with Crippen LogP contribution in [0.4, 0.5) is 0 Å². The molecule has 0 aliphatic heterocycles. The lowest BCUT2D eigenvalue weighted by Gasteiger charge is -2.56. The number of rotatable bonds is 4. The van der Waals surface area contributed by atoms with Crippen molar-refractivity contribution in [3.63, 3.8) is 0 Å². The van der Waals surface area contributed by atoms with Gasteiger partial charge in [-0.2, -0.15) is 0 Å². The van der Waals surface area contributed by atoms with Gasteiger partial charge >= 0.3 is 0 Å². The summed E-state index contributed by atoms with van der Waals surface area (Å²) in [4.78, 5) is 0. The maximum Gasteiger partial charge on any atom is -0.0328 e. The molecule has 0 aromatic rings. The van der Waals surface area contributed by atoms with Gasteiger partial charge in [-0.1, -0.05) is 71.1 Å². The lowest BCUT2D eigenvalue weighted by Crippen LogP contribution is -2.47. The Kier molecular flexibility index (Phi) is 6.42. The second-order valence-electron chi connectivity index (χ2n) is 12.5. The van der Waals surface area contributed by atoms with Gasteiger partial charge < -0.3 is 0 Å². The molecule has 4 bridgehead atoms. The van der Waals surface area contributed by atoms with Crippen LogP contribution >= 0.6 is 0 Å². The summed E-state index contributed by atoms with van der Waals surface area (Å²) in [6.07, 6.45) is 28.3. The summed E-state index contributed by atoms with van der Waals surface area (Å²) in [6.45, 7) is 2.60. The molecule has 0 heteroatoms. The molecule has 6 fully saturated rings. The van der Waals surface area contributed by atoms with Crippen molar-refractivity contribution >= 4 is 0 Å². The largest absolute Gasteiger partial charge is 0.0622 e. The molecule has 0 saturated heterocycles. The van der Waals surface area contributed by atoms with Gasteiger partial charge in [0.15, 0.2) is 0 Å². The third-order valence-corrected chi connectivity index (χ3v) is 10.7. The summed E-state index contributed by atoms with van der Waals surface area (Å²) in [7, 11) is 0. The molecule has 0 aromatic heterocycles. The summed E-state index contributed by atoms with van der Waals surface area (Å²) in [6, 6.07) is 0. The first-order valence-electron chi connectivity index (χ1n) is 13.8. The Bertz CT molecular complexity index is 464. The SMILES string of the molecule is CC1CCCCCCCCC1CCC1CCC(C2C3CC4CC(C3)CC2C4)C1. The smallest absolute Gasteiger partial charge is 0.0328 e. The number of hydrogen-bond acceptors (Lipinski definition) is 0. The van der Waals surface area contributed by atoms with E-state index in [1.54, 1.807) is 70.6 Å². The minimum absolute atomic E-state index is 1.000. The Morgan fingerprint density at radius 2 is 1.18 bits per heavy atom. The van der Waals surface area contributed by atoms with E-state index in [1.165, 1.54) is 62.7 Å². The Morgan fingerprint density at radius 3 is 1.89 bits per heavy atom. The fraction of sp³-hybridized carbons (Fsp3) is 1.00. The zero-order valence-corrected chi connectivity index (χ0v) is 18.9. The lowest BCUT2D eigenvalue weighted by atomic mass is 9.49. The van der Waals surface area contributed by atoms with Gasteiger partial charge in [0.25, 0.3) is 0 Å². The molecular weight excluding hydrogens is 336 g/mol. The summed E-state index contributed by atoms with van der Waals surface area (Å²) in [5.74, 6) is 10.1. The average Bonchev–Trinajstić information content (AvgIpc) is 3.14. The minimum Gasteiger partial charge on any atom is -0.0622 e. The molecule has 6 saturated carbocycles. The molecule has 6 aliphatic carbocycles. The highest BCUT2D eigenvalue weighted by Crippen LogP contribution is 2.60. The minimum atomic E-state index is 1.000. The van der Waals surface area contributed by atoms with Crippen LogP contribution in [0.15, 0.2) is 0 Å². The van der Waals surface area contributed by atoms with Crippen LogP contribution in [-0.2, 0) is 0 Å². The predicted molar refractivity (Wildman–Crippen MR) is 120 cm³/mol. The average molecular weight is 385 g/mol. The lowest BCUT2D eigenvalue weighted by molar-refractivity contribution is -0.0611. The summed E-state index contributed by atoms with van der Waals surface area (Å²) < 4.78 is 0. The van der Waals surface area contributed by atoms with E-state index in [4.69, 9.17) is 0 Å². The molecule has 0 N–H and O–H groups in total. The van der Waals surface area contributed by atoms with Gasteiger partial charge in [-0.05, 0) is 105 Å². The van der Waals surface area contributed by atoms with E-state index in [2.05, 4.69) is 6.92 Å². The molecule has 0 heterocycles. The molecule has 0 nitrogen and oxygen atoms in total.